The van der Waals surface area contributed by atoms with E-state index >= 15 is 0 Å². The lowest BCUT2D eigenvalue weighted by Crippen LogP contribution is -2.62. The van der Waals surface area contributed by atoms with Crippen LogP contribution in [-0.2, 0) is 24.0 Å². The summed E-state index contributed by atoms with van der Waals surface area (Å²) in [6.45, 7) is 8.93. The average Bonchev–Trinajstić information content (AvgIpc) is 3.04. The summed E-state index contributed by atoms with van der Waals surface area (Å²) < 4.78 is 0. The summed E-state index contributed by atoms with van der Waals surface area (Å²) >= 11 is 5.96. The molecule has 18 heteroatoms. The van der Waals surface area contributed by atoms with Gasteiger partial charge < -0.3 is 59.6 Å². The highest BCUT2D eigenvalue weighted by molar-refractivity contribution is 6.43. The molecule has 16 nitrogen and oxygen atoms in total. The van der Waals surface area contributed by atoms with Gasteiger partial charge in [0.15, 0.2) is 6.17 Å². The van der Waals surface area contributed by atoms with Gasteiger partial charge in [0.25, 0.3) is 5.91 Å². The monoisotopic (exact) mass is 705 g/mol. The van der Waals surface area contributed by atoms with Gasteiger partial charge in [0.1, 0.15) is 24.2 Å². The minimum absolute atomic E-state index is 0.0320. The summed E-state index contributed by atoms with van der Waals surface area (Å²) in [5, 5.41) is 30.9. The minimum Gasteiger partial charge on any atom is -0.425 e. The minimum atomic E-state index is -2.04. The van der Waals surface area contributed by atoms with Crippen LogP contribution >= 0.6 is 11.6 Å². The topological polar surface area (TPSA) is 290 Å². The number of nitrogens with one attached hydrogen (secondary N) is 5. The molecule has 1 aromatic carbocycles. The van der Waals surface area contributed by atoms with E-state index in [0.29, 0.717) is 5.02 Å². The average molecular weight is 706 g/mol. The van der Waals surface area contributed by atoms with Crippen LogP contribution in [0.2, 0.25) is 5.02 Å². The van der Waals surface area contributed by atoms with Crippen LogP contribution in [0.4, 0.5) is 0 Å². The first kappa shape index (κ1) is 42.9. The van der Waals surface area contributed by atoms with Crippen LogP contribution in [0.3, 0.4) is 0 Å². The number of hydrogen-bond donors (Lipinski definition) is 11. The normalized spacial score (nSPS) is 14.8. The molecule has 1 aromatic rings. The summed E-state index contributed by atoms with van der Waals surface area (Å²) in [7, 11) is -2.04. The lowest BCUT2D eigenvalue weighted by atomic mass is 9.86. The third kappa shape index (κ3) is 15.3. The fraction of sp³-hybridized carbons (Fsp3) is 0.452. The zero-order chi connectivity index (χ0) is 37.3. The van der Waals surface area contributed by atoms with Crippen molar-refractivity contribution in [2.24, 2.45) is 28.9 Å². The zero-order valence-electron chi connectivity index (χ0n) is 27.9. The maximum absolute atomic E-state index is 13.2. The number of carbonyl (C=O) groups excluding carboxylic acids is 5. The van der Waals surface area contributed by atoms with Gasteiger partial charge in [-0.3, -0.25) is 24.0 Å². The quantitative estimate of drug-likeness (QED) is 0.0301. The van der Waals surface area contributed by atoms with E-state index in [-0.39, 0.29) is 43.8 Å². The lowest BCUT2D eigenvalue weighted by Gasteiger charge is -2.26. The van der Waals surface area contributed by atoms with Crippen molar-refractivity contribution in [3.8, 4) is 0 Å². The highest BCUT2D eigenvalue weighted by atomic mass is 35.5. The number of carbonyl (C=O) groups is 5. The Kier molecular flexibility index (Phi) is 19.1. The SMILES string of the molecule is C=C/C(=C\C=C(/C)C(=O)N[C@@H](CCN)C(=O)N[C@@H](CCN)C(=O)N[C@@H](N)C(=O)N[C@@H](CC(C)C)C(=O)N[C@@H](N)B(O)O)c1ccc(Cl)cc1. The van der Waals surface area contributed by atoms with Crippen molar-refractivity contribution in [1.29, 1.82) is 0 Å². The second-order valence-electron chi connectivity index (χ2n) is 11.5. The van der Waals surface area contributed by atoms with E-state index in [2.05, 4.69) is 33.2 Å². The standard InChI is InChI=1S/C31H49BClN9O7/c1-5-19(20-8-10-21(33)11-9-20)7-6-18(4)26(43)38-22(12-14-34)27(44)39-23(13-15-35)28(45)41-25(36)30(47)40-24(16-17(2)3)29(46)42-31(37)32(48)49/h5-11,17,22-25,31,48-49H,1,12-16,34-37H2,2-4H3,(H,38,43)(H,39,44)(H,40,47)(H,41,45)(H,42,46)/b18-6+,19-7+/t22-,23-,24-,25+,31+/m0/s1. The van der Waals surface area contributed by atoms with Crippen molar-refractivity contribution in [2.75, 3.05) is 13.1 Å². The molecule has 0 bridgehead atoms. The Balaban J connectivity index is 2.98. The highest BCUT2D eigenvalue weighted by Crippen LogP contribution is 2.19. The molecule has 0 aromatic heterocycles. The lowest BCUT2D eigenvalue weighted by molar-refractivity contribution is -0.134. The van der Waals surface area contributed by atoms with Crippen LogP contribution in [0.15, 0.2) is 54.6 Å². The number of benzene rings is 1. The summed E-state index contributed by atoms with van der Waals surface area (Å²) in [5.41, 5.74) is 24.6. The van der Waals surface area contributed by atoms with Gasteiger partial charge in [-0.15, -0.1) is 0 Å². The third-order valence-electron chi connectivity index (χ3n) is 6.98. The maximum atomic E-state index is 13.2. The molecular formula is C31H49BClN9O7. The molecule has 0 aliphatic heterocycles. The van der Waals surface area contributed by atoms with E-state index in [9.17, 15) is 24.0 Å². The fourth-order valence-electron chi connectivity index (χ4n) is 4.25. The zero-order valence-corrected chi connectivity index (χ0v) is 28.7. The number of hydrogen-bond acceptors (Lipinski definition) is 11. The van der Waals surface area contributed by atoms with Gasteiger partial charge in [0.2, 0.25) is 23.6 Å². The van der Waals surface area contributed by atoms with Crippen molar-refractivity contribution < 1.29 is 34.0 Å². The third-order valence-corrected chi connectivity index (χ3v) is 7.24. The molecule has 0 saturated carbocycles. The van der Waals surface area contributed by atoms with Crippen LogP contribution in [0, 0.1) is 5.92 Å². The fourth-order valence-corrected chi connectivity index (χ4v) is 4.38. The van der Waals surface area contributed by atoms with Crippen LogP contribution < -0.4 is 49.5 Å². The van der Waals surface area contributed by atoms with Gasteiger partial charge in [-0.1, -0.05) is 62.4 Å². The number of rotatable bonds is 20. The van der Waals surface area contributed by atoms with Crippen molar-refractivity contribution in [3.05, 3.63) is 65.2 Å². The van der Waals surface area contributed by atoms with E-state index in [4.69, 9.17) is 44.6 Å². The van der Waals surface area contributed by atoms with E-state index < -0.39 is 67.0 Å². The smallest absolute Gasteiger partial charge is 0.425 e. The van der Waals surface area contributed by atoms with Crippen LogP contribution in [0.25, 0.3) is 5.57 Å². The van der Waals surface area contributed by atoms with Crippen molar-refractivity contribution in [1.82, 2.24) is 26.6 Å². The predicted molar refractivity (Wildman–Crippen MR) is 188 cm³/mol. The molecule has 5 amide bonds. The molecule has 0 aliphatic rings. The molecule has 0 fully saturated rings. The van der Waals surface area contributed by atoms with Gasteiger partial charge >= 0.3 is 7.12 Å². The first-order chi connectivity index (χ1) is 23.0. The van der Waals surface area contributed by atoms with Gasteiger partial charge in [-0.05, 0) is 68.5 Å². The molecule has 15 N–H and O–H groups in total. The van der Waals surface area contributed by atoms with Gasteiger partial charge in [-0.25, -0.2) is 0 Å². The molecule has 0 radical (unpaired) electrons. The molecule has 0 unspecified atom stereocenters. The van der Waals surface area contributed by atoms with Crippen molar-refractivity contribution in [2.45, 2.75) is 70.4 Å². The molecular weight excluding hydrogens is 657 g/mol. The molecule has 270 valence electrons. The van der Waals surface area contributed by atoms with E-state index in [1.54, 1.807) is 63.3 Å². The van der Waals surface area contributed by atoms with E-state index in [1.807, 2.05) is 0 Å². The number of amides is 5. The largest absolute Gasteiger partial charge is 0.490 e. The Bertz CT molecular complexity index is 1360. The van der Waals surface area contributed by atoms with Crippen LogP contribution in [0.1, 0.15) is 45.6 Å². The first-order valence-electron chi connectivity index (χ1n) is 15.6. The van der Waals surface area contributed by atoms with Crippen molar-refractivity contribution >= 4 is 53.8 Å². The molecule has 0 heterocycles. The first-order valence-corrected chi connectivity index (χ1v) is 16.0. The number of nitrogens with two attached hydrogens (primary N) is 4. The summed E-state index contributed by atoms with van der Waals surface area (Å²) in [4.78, 5) is 64.7. The highest BCUT2D eigenvalue weighted by Gasteiger charge is 2.31. The molecule has 49 heavy (non-hydrogen) atoms. The maximum Gasteiger partial charge on any atom is 0.490 e. The number of halogens is 1. The number of allylic oxidation sites excluding steroid dienone is 4. The Hall–Kier alpha value is -4.10. The van der Waals surface area contributed by atoms with E-state index in [1.165, 1.54) is 0 Å². The molecule has 0 spiro atoms. The van der Waals surface area contributed by atoms with Gasteiger partial charge in [0, 0.05) is 10.6 Å². The Labute approximate surface area is 291 Å². The summed E-state index contributed by atoms with van der Waals surface area (Å²) in [6, 6.07) is 2.01. The Morgan fingerprint density at radius 2 is 1.33 bits per heavy atom. The molecule has 0 aliphatic carbocycles. The molecule has 5 atom stereocenters. The van der Waals surface area contributed by atoms with Crippen LogP contribution in [-0.4, -0.2) is 90.1 Å². The molecule has 1 rings (SSSR count). The van der Waals surface area contributed by atoms with Gasteiger partial charge in [-0.2, -0.15) is 0 Å². The second kappa shape index (κ2) is 21.8. The Morgan fingerprint density at radius 3 is 1.84 bits per heavy atom. The van der Waals surface area contributed by atoms with Gasteiger partial charge in [0.05, 0.1) is 0 Å². The Morgan fingerprint density at radius 1 is 0.816 bits per heavy atom. The van der Waals surface area contributed by atoms with Crippen molar-refractivity contribution in [3.63, 3.8) is 0 Å². The summed E-state index contributed by atoms with van der Waals surface area (Å²) in [6.07, 6.45) is 3.35. The van der Waals surface area contributed by atoms with E-state index in [0.717, 1.165) is 11.1 Å². The molecule has 0 saturated heterocycles. The predicted octanol–water partition coefficient (Wildman–Crippen LogP) is -2.13. The summed E-state index contributed by atoms with van der Waals surface area (Å²) in [5.74, 6) is -3.96. The second-order valence-corrected chi connectivity index (χ2v) is 12.0. The van der Waals surface area contributed by atoms with Crippen LogP contribution in [0.5, 0.6) is 0 Å².